The standard InChI is InChI=1S/C39H32N8O21S3/c48-9-11-67-29-16-27(30(68-12-10-49)15-26(29)42-40-24-7-5-20(69(58,59)60)13-23(24)39(56)57)43-45-34-31(70(61,62)63)14-22-21(35(34)52)6-8-25(36(22)71(64,65)66)41-44-33-28(17-32(50)51)46-47(37(33)53)19-3-1-18(2-4-19)38(54)55/h1-8,13-16,33,48-49,52H,9-12,17H2,(H,50,51)(H,54,55)(H,56,57)(H,58,59,60)(H,61,62,63)(H,64,65,66). The quantitative estimate of drug-likeness (QED) is 0.0380. The molecule has 6 rings (SSSR count). The van der Waals surface area contributed by atoms with Gasteiger partial charge in [-0.2, -0.15) is 45.6 Å². The summed E-state index contributed by atoms with van der Waals surface area (Å²) in [6, 6.07) is 9.28. The van der Waals surface area contributed by atoms with Crippen LogP contribution in [0.5, 0.6) is 17.2 Å². The number of anilines is 1. The fourth-order valence-corrected chi connectivity index (χ4v) is 8.33. The van der Waals surface area contributed by atoms with Gasteiger partial charge in [-0.1, -0.05) is 0 Å². The zero-order valence-electron chi connectivity index (χ0n) is 35.3. The molecule has 1 amide bonds. The maximum Gasteiger partial charge on any atom is 0.338 e. The van der Waals surface area contributed by atoms with Crippen LogP contribution in [-0.4, -0.2) is 132 Å². The number of phenols is 1. The van der Waals surface area contributed by atoms with E-state index in [2.05, 4.69) is 35.8 Å². The summed E-state index contributed by atoms with van der Waals surface area (Å²) in [6.45, 7) is -2.12. The van der Waals surface area contributed by atoms with Crippen LogP contribution in [0.1, 0.15) is 27.1 Å². The third-order valence-corrected chi connectivity index (χ3v) is 12.1. The van der Waals surface area contributed by atoms with Crippen LogP contribution in [0, 0.1) is 0 Å². The lowest BCUT2D eigenvalue weighted by Gasteiger charge is -2.14. The van der Waals surface area contributed by atoms with E-state index >= 15 is 0 Å². The number of hydrogen-bond acceptors (Lipinski definition) is 22. The van der Waals surface area contributed by atoms with Crippen molar-refractivity contribution in [3.05, 3.63) is 83.9 Å². The van der Waals surface area contributed by atoms with E-state index in [1.807, 2.05) is 0 Å². The normalized spacial score (nSPS) is 14.5. The van der Waals surface area contributed by atoms with Gasteiger partial charge in [-0.15, -0.1) is 20.5 Å². The highest BCUT2D eigenvalue weighted by Crippen LogP contribution is 2.47. The summed E-state index contributed by atoms with van der Waals surface area (Å²) in [6.07, 6.45) is -0.902. The number of aromatic carboxylic acids is 2. The molecule has 9 N–H and O–H groups in total. The van der Waals surface area contributed by atoms with Gasteiger partial charge in [0.1, 0.15) is 62.9 Å². The number of hydrazone groups is 1. The Labute approximate surface area is 397 Å². The van der Waals surface area contributed by atoms with Crippen LogP contribution in [-0.2, 0) is 39.9 Å². The molecule has 1 atom stereocenters. The number of aliphatic hydroxyl groups is 2. The maximum absolute atomic E-state index is 13.5. The van der Waals surface area contributed by atoms with Crippen molar-refractivity contribution in [3.8, 4) is 17.2 Å². The van der Waals surface area contributed by atoms with E-state index in [0.717, 1.165) is 48.5 Å². The predicted molar refractivity (Wildman–Crippen MR) is 237 cm³/mol. The summed E-state index contributed by atoms with van der Waals surface area (Å²) in [4.78, 5) is 45.0. The lowest BCUT2D eigenvalue weighted by molar-refractivity contribution is -0.135. The minimum absolute atomic E-state index is 0.0293. The summed E-state index contributed by atoms with van der Waals surface area (Å²) in [5, 5.41) is 85.0. The molecule has 1 unspecified atom stereocenters. The van der Waals surface area contributed by atoms with Gasteiger partial charge in [0.15, 0.2) is 11.8 Å². The fraction of sp³-hybridized carbons (Fsp3) is 0.154. The smallest absolute Gasteiger partial charge is 0.338 e. The van der Waals surface area contributed by atoms with Crippen LogP contribution in [0.2, 0.25) is 0 Å². The van der Waals surface area contributed by atoms with Gasteiger partial charge in [0.2, 0.25) is 0 Å². The van der Waals surface area contributed by atoms with Crippen LogP contribution >= 0.6 is 0 Å². The summed E-state index contributed by atoms with van der Waals surface area (Å²) < 4.78 is 116. The van der Waals surface area contributed by atoms with Crippen LogP contribution in [0.4, 0.5) is 34.1 Å². The molecule has 1 heterocycles. The van der Waals surface area contributed by atoms with Crippen LogP contribution in [0.3, 0.4) is 0 Å². The molecule has 0 bridgehead atoms. The van der Waals surface area contributed by atoms with Crippen molar-refractivity contribution in [2.45, 2.75) is 27.1 Å². The molecule has 0 radical (unpaired) electrons. The maximum atomic E-state index is 13.5. The van der Waals surface area contributed by atoms with Gasteiger partial charge >= 0.3 is 17.9 Å². The lowest BCUT2D eigenvalue weighted by Crippen LogP contribution is -2.31. The Hall–Kier alpha value is -8.24. The van der Waals surface area contributed by atoms with E-state index in [9.17, 15) is 88.7 Å². The second-order valence-corrected chi connectivity index (χ2v) is 18.3. The van der Waals surface area contributed by atoms with Crippen molar-refractivity contribution >= 4 is 105 Å². The number of aromatic hydroxyl groups is 1. The number of nitrogens with zero attached hydrogens (tertiary/aromatic N) is 8. The highest BCUT2D eigenvalue weighted by Gasteiger charge is 2.38. The van der Waals surface area contributed by atoms with Gasteiger partial charge in [0.25, 0.3) is 36.3 Å². The summed E-state index contributed by atoms with van der Waals surface area (Å²) in [5.41, 5.74) is -4.40. The third-order valence-electron chi connectivity index (χ3n) is 9.42. The van der Waals surface area contributed by atoms with Gasteiger partial charge in [-0.05, 0) is 60.7 Å². The summed E-state index contributed by atoms with van der Waals surface area (Å²) in [5.74, 6) is -7.38. The molecule has 0 aromatic heterocycles. The number of carbonyl (C=O) groups is 4. The molecule has 71 heavy (non-hydrogen) atoms. The number of aliphatic carboxylic acids is 1. The number of amides is 1. The number of carboxylic acid groups (broad SMARTS) is 3. The van der Waals surface area contributed by atoms with E-state index < -0.39 is 158 Å². The van der Waals surface area contributed by atoms with E-state index in [4.69, 9.17) is 9.47 Å². The Bertz CT molecular complexity index is 3490. The number of aliphatic hydroxyl groups excluding tert-OH is 2. The molecular formula is C39H32N8O21S3. The van der Waals surface area contributed by atoms with E-state index in [0.29, 0.717) is 17.1 Å². The first-order chi connectivity index (χ1) is 33.3. The van der Waals surface area contributed by atoms with Gasteiger partial charge < -0.3 is 40.1 Å². The highest BCUT2D eigenvalue weighted by atomic mass is 32.2. The largest absolute Gasteiger partial charge is 0.505 e. The minimum Gasteiger partial charge on any atom is -0.505 e. The average molecular weight is 1040 g/mol. The first-order valence-electron chi connectivity index (χ1n) is 19.3. The molecule has 1 aliphatic rings. The lowest BCUT2D eigenvalue weighted by atomic mass is 10.1. The molecule has 29 nitrogen and oxygen atoms in total. The monoisotopic (exact) mass is 1040 g/mol. The fourth-order valence-electron chi connectivity index (χ4n) is 6.35. The molecule has 5 aromatic carbocycles. The van der Waals surface area contributed by atoms with Crippen molar-refractivity contribution in [1.29, 1.82) is 0 Å². The number of carbonyl (C=O) groups excluding carboxylic acids is 1. The number of carboxylic acids is 3. The van der Waals surface area contributed by atoms with Crippen molar-refractivity contribution in [3.63, 3.8) is 0 Å². The Balaban J connectivity index is 1.46. The van der Waals surface area contributed by atoms with Crippen LogP contribution in [0.25, 0.3) is 10.8 Å². The molecule has 372 valence electrons. The topological polar surface area (TPSA) is 461 Å². The summed E-state index contributed by atoms with van der Waals surface area (Å²) >= 11 is 0. The number of fused-ring (bicyclic) bond motifs is 1. The van der Waals surface area contributed by atoms with Gasteiger partial charge in [0.05, 0.1) is 47.1 Å². The Morgan fingerprint density at radius 2 is 1.23 bits per heavy atom. The molecular weight excluding hydrogens is 1010 g/mol. The molecule has 0 aliphatic carbocycles. The van der Waals surface area contributed by atoms with Crippen molar-refractivity contribution in [1.82, 2.24) is 0 Å². The number of benzene rings is 5. The molecule has 0 saturated carbocycles. The number of phenolic OH excluding ortho intramolecular Hbond substituents is 1. The van der Waals surface area contributed by atoms with Crippen molar-refractivity contribution in [2.24, 2.45) is 35.8 Å². The average Bonchev–Trinajstić information content (AvgIpc) is 3.60. The number of azo groups is 3. The third kappa shape index (κ3) is 11.8. The first kappa shape index (κ1) is 52.1. The van der Waals surface area contributed by atoms with Crippen LogP contribution < -0.4 is 14.5 Å². The van der Waals surface area contributed by atoms with E-state index in [1.165, 1.54) is 12.1 Å². The van der Waals surface area contributed by atoms with Gasteiger partial charge in [-0.25, -0.2) is 9.59 Å². The molecule has 5 aromatic rings. The highest BCUT2D eigenvalue weighted by molar-refractivity contribution is 7.86. The predicted octanol–water partition coefficient (Wildman–Crippen LogP) is 4.58. The first-order valence-corrected chi connectivity index (χ1v) is 23.6. The number of ether oxygens (including phenoxy) is 2. The Morgan fingerprint density at radius 3 is 1.75 bits per heavy atom. The Morgan fingerprint density at radius 1 is 0.648 bits per heavy atom. The van der Waals surface area contributed by atoms with Gasteiger partial charge in [0, 0.05) is 22.9 Å². The second kappa shape index (κ2) is 20.8. The molecule has 32 heteroatoms. The SMILES string of the molecule is O=C(O)CC1=NN(c2ccc(C(=O)O)cc2)C(=O)C1N=Nc1ccc2c(O)c(N=Nc3cc(OCCO)c(N=Nc4ccc(S(=O)(=O)O)cc4C(=O)O)cc3OCCO)c(S(=O)(=O)O)cc2c1S(=O)(=O)O. The van der Waals surface area contributed by atoms with Crippen LogP contribution in [0.15, 0.2) is 123 Å². The molecule has 1 aliphatic heterocycles. The molecule has 0 fully saturated rings. The number of hydrogen-bond donors (Lipinski definition) is 9. The van der Waals surface area contributed by atoms with E-state index in [-0.39, 0.29) is 28.4 Å². The second-order valence-electron chi connectivity index (χ2n) is 14.1. The molecule has 0 spiro atoms. The Kier molecular flexibility index (Phi) is 15.3. The zero-order chi connectivity index (χ0) is 52.2. The number of rotatable bonds is 20. The van der Waals surface area contributed by atoms with Gasteiger partial charge in [-0.3, -0.25) is 23.2 Å². The van der Waals surface area contributed by atoms with Crippen molar-refractivity contribution in [2.75, 3.05) is 31.4 Å². The minimum atomic E-state index is -5.56. The van der Waals surface area contributed by atoms with Crippen molar-refractivity contribution < 1.29 is 98.2 Å². The summed E-state index contributed by atoms with van der Waals surface area (Å²) in [7, 11) is -15.9. The van der Waals surface area contributed by atoms with E-state index in [1.54, 1.807) is 0 Å². The molecule has 0 saturated heterocycles. The zero-order valence-corrected chi connectivity index (χ0v) is 37.7.